The van der Waals surface area contributed by atoms with Crippen LogP contribution < -0.4 is 32.9 Å². The molecule has 1 fully saturated rings. The molecular formula is C25H42N8O7. The van der Waals surface area contributed by atoms with Crippen molar-refractivity contribution in [2.75, 3.05) is 19.6 Å². The molecule has 15 nitrogen and oxygen atoms in total. The molecule has 1 saturated heterocycles. The van der Waals surface area contributed by atoms with Crippen molar-refractivity contribution in [3.63, 3.8) is 0 Å². The van der Waals surface area contributed by atoms with E-state index < -0.39 is 47.9 Å². The smallest absolute Gasteiger partial charge is 0.332 e. The maximum atomic E-state index is 13.4. The number of carbonyl (C=O) groups is 6. The summed E-state index contributed by atoms with van der Waals surface area (Å²) in [6, 6.07) is -3.74. The number of hydrogen-bond donors (Lipinski definition) is 6. The first kappa shape index (κ1) is 32.5. The van der Waals surface area contributed by atoms with Gasteiger partial charge in [-0.25, -0.2) is 4.79 Å². The van der Waals surface area contributed by atoms with Gasteiger partial charge in [0.1, 0.15) is 18.1 Å². The first-order valence-corrected chi connectivity index (χ1v) is 13.7. The van der Waals surface area contributed by atoms with Crippen molar-refractivity contribution in [2.24, 2.45) is 16.5 Å². The summed E-state index contributed by atoms with van der Waals surface area (Å²) in [7, 11) is 0. The van der Waals surface area contributed by atoms with Gasteiger partial charge in [-0.3, -0.25) is 29.0 Å². The van der Waals surface area contributed by atoms with Gasteiger partial charge in [-0.05, 0) is 64.8 Å². The maximum absolute atomic E-state index is 13.4. The number of nitrogens with two attached hydrogens (primary N) is 2. The van der Waals surface area contributed by atoms with E-state index in [1.54, 1.807) is 0 Å². The zero-order valence-corrected chi connectivity index (χ0v) is 23.2. The quantitative estimate of drug-likeness (QED) is 0.170. The lowest BCUT2D eigenvalue weighted by Crippen LogP contribution is -2.57. The average molecular weight is 567 g/mol. The highest BCUT2D eigenvalue weighted by atomic mass is 16.7. The van der Waals surface area contributed by atoms with E-state index >= 15 is 0 Å². The number of hydrogen-bond acceptors (Lipinski definition) is 11. The second-order valence-electron chi connectivity index (χ2n) is 9.97. The zero-order chi connectivity index (χ0) is 29.7. The number of unbranched alkanes of at least 4 members (excludes halogenated alkanes) is 1. The molecule has 224 valence electrons. The van der Waals surface area contributed by atoms with E-state index in [-0.39, 0.29) is 43.5 Å². The van der Waals surface area contributed by atoms with Gasteiger partial charge in [0, 0.05) is 20.0 Å². The van der Waals surface area contributed by atoms with Crippen LogP contribution in [0.4, 0.5) is 0 Å². The Morgan fingerprint density at radius 1 is 1.10 bits per heavy atom. The van der Waals surface area contributed by atoms with Gasteiger partial charge in [0.25, 0.3) is 0 Å². The van der Waals surface area contributed by atoms with E-state index in [4.69, 9.17) is 16.3 Å². The Bertz CT molecular complexity index is 973. The Balaban J connectivity index is 2.23. The number of hydroxylamine groups is 1. The summed E-state index contributed by atoms with van der Waals surface area (Å²) in [6.07, 6.45) is 2.85. The van der Waals surface area contributed by atoms with E-state index in [0.717, 1.165) is 0 Å². The monoisotopic (exact) mass is 566 g/mol. The molecule has 4 amide bonds. The summed E-state index contributed by atoms with van der Waals surface area (Å²) in [4.78, 5) is 86.3. The first-order chi connectivity index (χ1) is 19.0. The molecule has 0 spiro atoms. The molecule has 0 bridgehead atoms. The van der Waals surface area contributed by atoms with Crippen LogP contribution in [0.2, 0.25) is 0 Å². The number of ketones is 1. The summed E-state index contributed by atoms with van der Waals surface area (Å²) in [5.41, 5.74) is 13.5. The van der Waals surface area contributed by atoms with Gasteiger partial charge in [0.15, 0.2) is 5.78 Å². The molecule has 1 unspecified atom stereocenters. The molecule has 2 aliphatic rings. The van der Waals surface area contributed by atoms with E-state index in [9.17, 15) is 28.8 Å². The highest BCUT2D eigenvalue weighted by molar-refractivity contribution is 5.95. The fraction of sp³-hybridized carbons (Fsp3) is 0.720. The normalized spacial score (nSPS) is 23.4. The maximum Gasteiger partial charge on any atom is 0.332 e. The van der Waals surface area contributed by atoms with Crippen LogP contribution >= 0.6 is 0 Å². The number of rotatable bonds is 9. The predicted molar refractivity (Wildman–Crippen MR) is 144 cm³/mol. The molecule has 40 heavy (non-hydrogen) atoms. The molecule has 0 aliphatic carbocycles. The van der Waals surface area contributed by atoms with Crippen molar-refractivity contribution in [3.05, 3.63) is 0 Å². The highest BCUT2D eigenvalue weighted by Gasteiger charge is 2.35. The van der Waals surface area contributed by atoms with Crippen molar-refractivity contribution >= 4 is 41.3 Å². The lowest BCUT2D eigenvalue weighted by atomic mass is 10.0. The van der Waals surface area contributed by atoms with Gasteiger partial charge in [-0.2, -0.15) is 5.48 Å². The molecule has 0 aromatic heterocycles. The molecule has 0 aromatic rings. The molecule has 0 saturated carbocycles. The van der Waals surface area contributed by atoms with Gasteiger partial charge < -0.3 is 37.2 Å². The van der Waals surface area contributed by atoms with E-state index in [2.05, 4.69) is 26.4 Å². The number of nitrogens with zero attached hydrogens (tertiary/aromatic N) is 2. The van der Waals surface area contributed by atoms with Crippen LogP contribution in [-0.2, 0) is 33.6 Å². The molecule has 4 atom stereocenters. The fourth-order valence-electron chi connectivity index (χ4n) is 4.59. The van der Waals surface area contributed by atoms with Crippen LogP contribution in [-0.4, -0.2) is 90.0 Å². The summed E-state index contributed by atoms with van der Waals surface area (Å²) in [5, 5.41) is 8.00. The van der Waals surface area contributed by atoms with Crippen LogP contribution in [0.5, 0.6) is 0 Å². The Kier molecular flexibility index (Phi) is 13.3. The molecule has 0 aromatic carbocycles. The van der Waals surface area contributed by atoms with Gasteiger partial charge in [0.05, 0.1) is 12.5 Å². The molecule has 2 heterocycles. The number of aliphatic imine (C=N–C) groups is 1. The zero-order valence-electron chi connectivity index (χ0n) is 23.2. The van der Waals surface area contributed by atoms with Crippen LogP contribution in [0.1, 0.15) is 71.6 Å². The van der Waals surface area contributed by atoms with Crippen molar-refractivity contribution in [3.8, 4) is 0 Å². The van der Waals surface area contributed by atoms with Gasteiger partial charge in [-0.15, -0.1) is 0 Å². The first-order valence-electron chi connectivity index (χ1n) is 13.7. The largest absolute Gasteiger partial charge is 0.368 e. The van der Waals surface area contributed by atoms with E-state index in [0.29, 0.717) is 51.6 Å². The van der Waals surface area contributed by atoms with Crippen molar-refractivity contribution in [2.45, 2.75) is 95.8 Å². The number of carbonyl (C=O) groups excluding carboxylic acids is 6. The SMILES string of the molecule is CC(=O)[C@H](CCCCN)NC(=O)C1CCC(=O)ONC(N)=NCCC[C@H](NC(=O)[C@@H]2CCCN2C(C)=O)C(=O)N1. The van der Waals surface area contributed by atoms with Crippen molar-refractivity contribution in [1.82, 2.24) is 26.3 Å². The molecular weight excluding hydrogens is 524 g/mol. The number of nitrogens with one attached hydrogen (secondary N) is 4. The van der Waals surface area contributed by atoms with Crippen LogP contribution in [0.15, 0.2) is 4.99 Å². The Morgan fingerprint density at radius 2 is 1.85 bits per heavy atom. The second kappa shape index (κ2) is 16.4. The lowest BCUT2D eigenvalue weighted by molar-refractivity contribution is -0.148. The lowest BCUT2D eigenvalue weighted by Gasteiger charge is -2.27. The fourth-order valence-corrected chi connectivity index (χ4v) is 4.59. The van der Waals surface area contributed by atoms with Crippen molar-refractivity contribution in [1.29, 1.82) is 0 Å². The third-order valence-electron chi connectivity index (χ3n) is 6.82. The third-order valence-corrected chi connectivity index (χ3v) is 6.82. The van der Waals surface area contributed by atoms with Crippen molar-refractivity contribution < 1.29 is 33.6 Å². The number of likely N-dealkylation sites (tertiary alicyclic amines) is 1. The standard InChI is InChI=1S/C25H42N8O7/c1-15(34)17(7-3-4-12-26)29-23(38)19-10-11-21(36)40-32-25(27)28-13-5-8-18(22(37)30-19)31-24(39)20-9-6-14-33(20)16(2)35/h17-20H,3-14,26H2,1-2H3,(H,29,38)(H,30,37)(H,31,39)(H3,27,28,32)/t17-,18-,19?,20-/m0/s1. The Morgan fingerprint density at radius 3 is 2.52 bits per heavy atom. The van der Waals surface area contributed by atoms with E-state index in [1.165, 1.54) is 18.7 Å². The van der Waals surface area contributed by atoms with Crippen LogP contribution in [0, 0.1) is 0 Å². The Labute approximate surface area is 233 Å². The summed E-state index contributed by atoms with van der Waals surface area (Å²) < 4.78 is 0. The third kappa shape index (κ3) is 10.4. The van der Waals surface area contributed by atoms with Gasteiger partial charge in [0.2, 0.25) is 29.6 Å². The van der Waals surface area contributed by atoms with E-state index in [1.807, 2.05) is 0 Å². The predicted octanol–water partition coefficient (Wildman–Crippen LogP) is -1.89. The summed E-state index contributed by atoms with van der Waals surface area (Å²) in [5.74, 6) is -3.16. The molecule has 8 N–H and O–H groups in total. The summed E-state index contributed by atoms with van der Waals surface area (Å²) in [6.45, 7) is 3.79. The van der Waals surface area contributed by atoms with Gasteiger partial charge >= 0.3 is 5.97 Å². The topological polar surface area (TPSA) is 227 Å². The number of guanidine groups is 1. The second-order valence-corrected chi connectivity index (χ2v) is 9.97. The molecule has 2 aliphatic heterocycles. The van der Waals surface area contributed by atoms with Crippen LogP contribution in [0.3, 0.4) is 0 Å². The Hall–Kier alpha value is -3.75. The summed E-state index contributed by atoms with van der Waals surface area (Å²) >= 11 is 0. The van der Waals surface area contributed by atoms with Crippen LogP contribution in [0.25, 0.3) is 0 Å². The number of amides is 4. The number of Topliss-reactive ketones (excluding diaryl/α,β-unsaturated/α-hetero) is 1. The minimum atomic E-state index is -1.20. The molecule has 2 rings (SSSR count). The molecule has 15 heteroatoms. The minimum absolute atomic E-state index is 0.144. The highest BCUT2D eigenvalue weighted by Crippen LogP contribution is 2.18. The minimum Gasteiger partial charge on any atom is -0.368 e. The molecule has 0 radical (unpaired) electrons. The average Bonchev–Trinajstić information content (AvgIpc) is 3.41. The van der Waals surface area contributed by atoms with Gasteiger partial charge in [-0.1, -0.05) is 0 Å².